The van der Waals surface area contributed by atoms with Gasteiger partial charge in [-0.15, -0.1) is 10.3 Å². The second kappa shape index (κ2) is 2.75. The fourth-order valence-electron chi connectivity index (χ4n) is 0.500. The quantitative estimate of drug-likeness (QED) is 0.439. The van der Waals surface area contributed by atoms with E-state index in [1.165, 1.54) is 0 Å². The Balaban J connectivity index is 4.40. The molecule has 0 bridgehead atoms. The highest BCUT2D eigenvalue weighted by Crippen LogP contribution is 2.44. The molecule has 5 heteroatoms. The Morgan fingerprint density at radius 1 is 0.900 bits per heavy atom. The SMILES string of the molecule is [B]C([B])([B])C([B])([B])C(C)C. The summed E-state index contributed by atoms with van der Waals surface area (Å²) in [4.78, 5) is 0. The van der Waals surface area contributed by atoms with Gasteiger partial charge in [0.05, 0.1) is 15.7 Å². The molecule has 0 aromatic carbocycles. The van der Waals surface area contributed by atoms with Gasteiger partial charge >= 0.3 is 0 Å². The molecule has 0 rings (SSSR count). The normalized spacial score (nSPS) is 13.9. The summed E-state index contributed by atoms with van der Waals surface area (Å²) in [5.74, 6) is -0.0625. The molecule has 0 spiro atoms. The van der Waals surface area contributed by atoms with Gasteiger partial charge < -0.3 is 0 Å². The zero-order valence-corrected chi connectivity index (χ0v) is 6.46. The maximum absolute atomic E-state index is 5.54. The average Bonchev–Trinajstić information content (AvgIpc) is 1.62. The smallest absolute Gasteiger partial charge is 0.0602 e. The van der Waals surface area contributed by atoms with E-state index in [1.54, 1.807) is 13.8 Å². The number of hydrogen-bond donors (Lipinski definition) is 0. The highest BCUT2D eigenvalue weighted by atomic mass is 14.2. The van der Waals surface area contributed by atoms with E-state index in [-0.39, 0.29) is 5.92 Å². The van der Waals surface area contributed by atoms with Crippen LogP contribution in [-0.2, 0) is 0 Å². The first-order valence-electron chi connectivity index (χ1n) is 3.14. The van der Waals surface area contributed by atoms with Gasteiger partial charge in [0.2, 0.25) is 0 Å². The lowest BCUT2D eigenvalue weighted by Crippen LogP contribution is -2.36. The molecule has 0 heterocycles. The lowest BCUT2D eigenvalue weighted by Gasteiger charge is -2.45. The van der Waals surface area contributed by atoms with E-state index in [0.29, 0.717) is 0 Å². The van der Waals surface area contributed by atoms with Crippen molar-refractivity contribution in [1.82, 2.24) is 0 Å². The largest absolute Gasteiger partial charge is 0.139 e. The first kappa shape index (κ1) is 10.3. The molecule has 0 aromatic heterocycles. The molecule has 0 N–H and O–H groups in total. The molecule has 42 valence electrons. The van der Waals surface area contributed by atoms with Crippen LogP contribution in [0.1, 0.15) is 13.8 Å². The van der Waals surface area contributed by atoms with Crippen LogP contribution in [0, 0.1) is 5.92 Å². The van der Waals surface area contributed by atoms with Gasteiger partial charge in [-0.25, -0.2) is 0 Å². The summed E-state index contributed by atoms with van der Waals surface area (Å²) < 4.78 is 0. The first-order chi connectivity index (χ1) is 4.19. The molecule has 0 saturated heterocycles. The maximum atomic E-state index is 5.54. The summed E-state index contributed by atoms with van der Waals surface area (Å²) in [7, 11) is 27.0. The Bertz CT molecular complexity index is 112. The topological polar surface area (TPSA) is 0 Å². The van der Waals surface area contributed by atoms with Crippen LogP contribution in [0.2, 0.25) is 10.3 Å². The van der Waals surface area contributed by atoms with E-state index in [2.05, 4.69) is 0 Å². The molecule has 0 nitrogen and oxygen atoms in total. The maximum Gasteiger partial charge on any atom is 0.0602 e. The molecule has 0 unspecified atom stereocenters. The van der Waals surface area contributed by atoms with Gasteiger partial charge in [0.25, 0.3) is 0 Å². The predicted molar refractivity (Wildman–Crippen MR) is 49.0 cm³/mol. The van der Waals surface area contributed by atoms with Crippen molar-refractivity contribution >= 4 is 39.2 Å². The van der Waals surface area contributed by atoms with Crippen molar-refractivity contribution in [2.75, 3.05) is 0 Å². The van der Waals surface area contributed by atoms with Crippen molar-refractivity contribution in [2.45, 2.75) is 24.2 Å². The summed E-state index contributed by atoms with van der Waals surface area (Å²) in [5, 5.41) is -2.76. The molecule has 0 fully saturated rings. The van der Waals surface area contributed by atoms with Gasteiger partial charge in [-0.2, -0.15) is 0 Å². The van der Waals surface area contributed by atoms with Crippen LogP contribution in [0.25, 0.3) is 0 Å². The lowest BCUT2D eigenvalue weighted by atomic mass is 9.21. The monoisotopic (exact) mass is 122 g/mol. The van der Waals surface area contributed by atoms with Gasteiger partial charge in [-0.1, -0.05) is 19.8 Å². The van der Waals surface area contributed by atoms with Gasteiger partial charge in [0.1, 0.15) is 0 Å². The average molecular weight is 121 g/mol. The summed E-state index contributed by atoms with van der Waals surface area (Å²) in [6.45, 7) is 3.61. The minimum atomic E-state index is -1.53. The molecule has 0 aliphatic carbocycles. The van der Waals surface area contributed by atoms with E-state index in [0.717, 1.165) is 0 Å². The van der Waals surface area contributed by atoms with Crippen LogP contribution in [0.5, 0.6) is 0 Å². The van der Waals surface area contributed by atoms with Crippen LogP contribution in [0.3, 0.4) is 0 Å². The summed E-state index contributed by atoms with van der Waals surface area (Å²) in [6.07, 6.45) is 0. The molecular weight excluding hydrogens is 114 g/mol. The molecule has 0 aliphatic rings. The zero-order chi connectivity index (χ0) is 8.58. The first-order valence-corrected chi connectivity index (χ1v) is 3.14. The molecule has 10 heavy (non-hydrogen) atoms. The lowest BCUT2D eigenvalue weighted by molar-refractivity contribution is 0.539. The third-order valence-corrected chi connectivity index (χ3v) is 1.71. The van der Waals surface area contributed by atoms with Crippen molar-refractivity contribution in [1.29, 1.82) is 0 Å². The van der Waals surface area contributed by atoms with Crippen molar-refractivity contribution in [3.63, 3.8) is 0 Å². The Hall–Kier alpha value is 0.325. The van der Waals surface area contributed by atoms with Crippen molar-refractivity contribution < 1.29 is 0 Å². The van der Waals surface area contributed by atoms with Crippen LogP contribution in [-0.4, -0.2) is 39.2 Å². The fourth-order valence-corrected chi connectivity index (χ4v) is 0.500. The minimum Gasteiger partial charge on any atom is -0.139 e. The number of hydrogen-bond acceptors (Lipinski definition) is 0. The third kappa shape index (κ3) is 1.90. The van der Waals surface area contributed by atoms with E-state index in [4.69, 9.17) is 39.2 Å². The molecule has 0 saturated carbocycles. The Labute approximate surface area is 70.0 Å². The van der Waals surface area contributed by atoms with Gasteiger partial charge in [-0.05, 0) is 0 Å². The van der Waals surface area contributed by atoms with E-state index >= 15 is 0 Å². The highest BCUT2D eigenvalue weighted by Gasteiger charge is 2.32. The second-order valence-corrected chi connectivity index (χ2v) is 3.02. The third-order valence-electron chi connectivity index (χ3n) is 1.71. The Morgan fingerprint density at radius 3 is 1.20 bits per heavy atom. The summed E-state index contributed by atoms with van der Waals surface area (Å²) in [6, 6.07) is 0. The van der Waals surface area contributed by atoms with Crippen LogP contribution in [0.4, 0.5) is 0 Å². The van der Waals surface area contributed by atoms with Crippen molar-refractivity contribution in [3.05, 3.63) is 0 Å². The van der Waals surface area contributed by atoms with Crippen LogP contribution < -0.4 is 0 Å². The zero-order valence-electron chi connectivity index (χ0n) is 6.46. The number of rotatable bonds is 2. The van der Waals surface area contributed by atoms with Gasteiger partial charge in [0.15, 0.2) is 0 Å². The molecule has 0 aromatic rings. The Morgan fingerprint density at radius 2 is 1.20 bits per heavy atom. The van der Waals surface area contributed by atoms with Crippen molar-refractivity contribution in [2.24, 2.45) is 5.92 Å². The summed E-state index contributed by atoms with van der Waals surface area (Å²) in [5.41, 5.74) is 0. The highest BCUT2D eigenvalue weighted by molar-refractivity contribution is 6.67. The van der Waals surface area contributed by atoms with Crippen LogP contribution >= 0.6 is 0 Å². The second-order valence-electron chi connectivity index (χ2n) is 3.02. The van der Waals surface area contributed by atoms with E-state index in [1.807, 2.05) is 0 Å². The predicted octanol–water partition coefficient (Wildman–Crippen LogP) is -0.325. The van der Waals surface area contributed by atoms with Crippen LogP contribution in [0.15, 0.2) is 0 Å². The van der Waals surface area contributed by atoms with Crippen molar-refractivity contribution in [3.8, 4) is 0 Å². The molecular formula is C5H7B5. The van der Waals surface area contributed by atoms with Gasteiger partial charge in [-0.3, -0.25) is 0 Å². The van der Waals surface area contributed by atoms with E-state index < -0.39 is 10.3 Å². The fraction of sp³-hybridized carbons (Fsp3) is 1.00. The van der Waals surface area contributed by atoms with E-state index in [9.17, 15) is 0 Å². The minimum absolute atomic E-state index is 0.0625. The Kier molecular flexibility index (Phi) is 2.84. The molecule has 10 radical (unpaired) electrons. The van der Waals surface area contributed by atoms with Gasteiger partial charge in [0, 0.05) is 23.5 Å². The molecule has 0 atom stereocenters. The standard InChI is InChI=1S/C5H7B5/c1-3(2)4(6,7)5(8,9)10/h3H,1-2H3. The molecule has 0 aliphatic heterocycles. The summed E-state index contributed by atoms with van der Waals surface area (Å²) >= 11 is 0. The molecule has 0 amide bonds.